The van der Waals surface area contributed by atoms with E-state index in [-0.39, 0.29) is 5.25 Å². The van der Waals surface area contributed by atoms with E-state index in [9.17, 15) is 8.42 Å². The van der Waals surface area contributed by atoms with Gasteiger partial charge in [-0.15, -0.1) is 0 Å². The van der Waals surface area contributed by atoms with Gasteiger partial charge < -0.3 is 0 Å². The van der Waals surface area contributed by atoms with Gasteiger partial charge in [0.15, 0.2) is 0 Å². The molecule has 0 fully saturated rings. The molecular weight excluding hydrogens is 206 g/mol. The summed E-state index contributed by atoms with van der Waals surface area (Å²) in [6.07, 6.45) is 0.576. The lowest BCUT2D eigenvalue weighted by Gasteiger charge is -2.10. The summed E-state index contributed by atoms with van der Waals surface area (Å²) in [5, 5.41) is 3.56. The maximum absolute atomic E-state index is 11.3. The van der Waals surface area contributed by atoms with E-state index in [4.69, 9.17) is 0 Å². The van der Waals surface area contributed by atoms with Crippen molar-refractivity contribution in [2.45, 2.75) is 18.6 Å². The first-order valence-corrected chi connectivity index (χ1v) is 6.48. The van der Waals surface area contributed by atoms with Gasteiger partial charge in [0.05, 0.1) is 5.25 Å². The van der Waals surface area contributed by atoms with E-state index in [0.717, 1.165) is 5.56 Å². The van der Waals surface area contributed by atoms with E-state index in [1.165, 1.54) is 7.05 Å². The maximum Gasteiger partial charge on any atom is 0.214 e. The largest absolute Gasteiger partial charge is 0.218 e. The molecule has 1 unspecified atom stereocenters. The van der Waals surface area contributed by atoms with Crippen LogP contribution in [0.4, 0.5) is 0 Å². The Bertz CT molecular complexity index is 342. The van der Waals surface area contributed by atoms with Crippen molar-refractivity contribution in [3.8, 4) is 0 Å². The zero-order chi connectivity index (χ0) is 9.90. The van der Waals surface area contributed by atoms with Gasteiger partial charge in [0.25, 0.3) is 0 Å². The van der Waals surface area contributed by atoms with Gasteiger partial charge in [0.2, 0.25) is 10.0 Å². The number of hydrogen-bond acceptors (Lipinski definition) is 3. The van der Waals surface area contributed by atoms with Crippen LogP contribution >= 0.6 is 11.3 Å². The van der Waals surface area contributed by atoms with Gasteiger partial charge in [-0.25, -0.2) is 13.1 Å². The Morgan fingerprint density at radius 1 is 1.62 bits per heavy atom. The van der Waals surface area contributed by atoms with Gasteiger partial charge in [-0.3, -0.25) is 0 Å². The summed E-state index contributed by atoms with van der Waals surface area (Å²) in [6.45, 7) is 1.71. The standard InChI is InChI=1S/C8H13NO2S2/c1-7(13(10,11)9-2)5-8-3-4-12-6-8/h3-4,6-7,9H,5H2,1-2H3. The minimum atomic E-state index is -3.12. The van der Waals surface area contributed by atoms with Gasteiger partial charge >= 0.3 is 0 Å². The molecule has 1 atom stereocenters. The number of nitrogens with one attached hydrogen (secondary N) is 1. The van der Waals surface area contributed by atoms with Crippen molar-refractivity contribution in [1.29, 1.82) is 0 Å². The Hall–Kier alpha value is -0.390. The lowest BCUT2D eigenvalue weighted by Crippen LogP contribution is -2.30. The van der Waals surface area contributed by atoms with Crippen LogP contribution in [0, 0.1) is 0 Å². The van der Waals surface area contributed by atoms with Crippen molar-refractivity contribution >= 4 is 21.4 Å². The van der Waals surface area contributed by atoms with Gasteiger partial charge in [-0.1, -0.05) is 0 Å². The first-order chi connectivity index (χ1) is 6.06. The van der Waals surface area contributed by atoms with Crippen LogP contribution in [0.15, 0.2) is 16.8 Å². The normalized spacial score (nSPS) is 14.3. The van der Waals surface area contributed by atoms with E-state index in [2.05, 4.69) is 4.72 Å². The van der Waals surface area contributed by atoms with Crippen LogP contribution in [0.5, 0.6) is 0 Å². The number of rotatable bonds is 4. The summed E-state index contributed by atoms with van der Waals surface area (Å²) in [7, 11) is -1.68. The molecule has 0 aromatic carbocycles. The molecule has 1 aromatic rings. The number of hydrogen-bond donors (Lipinski definition) is 1. The van der Waals surface area contributed by atoms with Crippen molar-refractivity contribution < 1.29 is 8.42 Å². The molecule has 0 aliphatic rings. The van der Waals surface area contributed by atoms with Crippen molar-refractivity contribution in [3.05, 3.63) is 22.4 Å². The Kier molecular flexibility index (Phi) is 3.47. The zero-order valence-electron chi connectivity index (χ0n) is 7.65. The molecule has 1 N–H and O–H groups in total. The molecule has 0 saturated heterocycles. The monoisotopic (exact) mass is 219 g/mol. The lowest BCUT2D eigenvalue weighted by molar-refractivity contribution is 0.574. The number of sulfonamides is 1. The Morgan fingerprint density at radius 2 is 2.31 bits per heavy atom. The Morgan fingerprint density at radius 3 is 2.77 bits per heavy atom. The molecule has 74 valence electrons. The van der Waals surface area contributed by atoms with Crippen LogP contribution in [0.2, 0.25) is 0 Å². The molecule has 1 heterocycles. The minimum absolute atomic E-state index is 0.368. The predicted molar refractivity (Wildman–Crippen MR) is 55.5 cm³/mol. The average Bonchev–Trinajstić information content (AvgIpc) is 2.57. The molecule has 0 bridgehead atoms. The smallest absolute Gasteiger partial charge is 0.214 e. The highest BCUT2D eigenvalue weighted by Crippen LogP contribution is 2.11. The van der Waals surface area contributed by atoms with Gasteiger partial charge in [0, 0.05) is 0 Å². The summed E-state index contributed by atoms with van der Waals surface area (Å²) in [5.74, 6) is 0. The third-order valence-corrected chi connectivity index (χ3v) is 4.44. The van der Waals surface area contributed by atoms with Gasteiger partial charge in [-0.05, 0) is 42.8 Å². The van der Waals surface area contributed by atoms with Crippen molar-refractivity contribution in [2.75, 3.05) is 7.05 Å². The van der Waals surface area contributed by atoms with Crippen LogP contribution in [-0.2, 0) is 16.4 Å². The molecule has 0 radical (unpaired) electrons. The Balaban J connectivity index is 2.66. The van der Waals surface area contributed by atoms with E-state index in [0.29, 0.717) is 6.42 Å². The summed E-state index contributed by atoms with van der Waals surface area (Å²) in [6, 6.07) is 1.95. The molecule has 0 amide bonds. The first-order valence-electron chi connectivity index (χ1n) is 3.99. The van der Waals surface area contributed by atoms with Crippen LogP contribution in [0.25, 0.3) is 0 Å². The molecule has 0 aliphatic carbocycles. The zero-order valence-corrected chi connectivity index (χ0v) is 9.28. The number of thiophene rings is 1. The van der Waals surface area contributed by atoms with Crippen LogP contribution in [-0.4, -0.2) is 20.7 Å². The highest BCUT2D eigenvalue weighted by Gasteiger charge is 2.18. The van der Waals surface area contributed by atoms with Crippen LogP contribution < -0.4 is 4.72 Å². The van der Waals surface area contributed by atoms with Gasteiger partial charge in [0.1, 0.15) is 0 Å². The predicted octanol–water partition coefficient (Wildman–Crippen LogP) is 1.23. The first kappa shape index (κ1) is 10.7. The van der Waals surface area contributed by atoms with Crippen LogP contribution in [0.3, 0.4) is 0 Å². The van der Waals surface area contributed by atoms with E-state index in [1.807, 2.05) is 16.8 Å². The van der Waals surface area contributed by atoms with Crippen molar-refractivity contribution in [1.82, 2.24) is 4.72 Å². The molecule has 5 heteroatoms. The highest BCUT2D eigenvalue weighted by atomic mass is 32.2. The minimum Gasteiger partial charge on any atom is -0.218 e. The molecule has 3 nitrogen and oxygen atoms in total. The maximum atomic E-state index is 11.3. The fraction of sp³-hybridized carbons (Fsp3) is 0.500. The summed E-state index contributed by atoms with van der Waals surface area (Å²) >= 11 is 1.58. The molecule has 1 aromatic heterocycles. The van der Waals surface area contributed by atoms with Crippen molar-refractivity contribution in [2.24, 2.45) is 0 Å². The topological polar surface area (TPSA) is 46.2 Å². The second-order valence-corrected chi connectivity index (χ2v) is 5.98. The fourth-order valence-corrected chi connectivity index (χ4v) is 2.55. The molecule has 0 spiro atoms. The van der Waals surface area contributed by atoms with Crippen LogP contribution in [0.1, 0.15) is 12.5 Å². The second kappa shape index (κ2) is 4.21. The quantitative estimate of drug-likeness (QED) is 0.828. The summed E-state index contributed by atoms with van der Waals surface area (Å²) in [4.78, 5) is 0. The van der Waals surface area contributed by atoms with Crippen molar-refractivity contribution in [3.63, 3.8) is 0 Å². The van der Waals surface area contributed by atoms with E-state index in [1.54, 1.807) is 18.3 Å². The SMILES string of the molecule is CNS(=O)(=O)C(C)Cc1ccsc1. The molecular formula is C8H13NO2S2. The molecule has 0 saturated carbocycles. The van der Waals surface area contributed by atoms with E-state index < -0.39 is 10.0 Å². The van der Waals surface area contributed by atoms with E-state index >= 15 is 0 Å². The fourth-order valence-electron chi connectivity index (χ4n) is 1.05. The molecule has 1 rings (SSSR count). The summed E-state index contributed by atoms with van der Waals surface area (Å²) in [5.41, 5.74) is 1.08. The second-order valence-electron chi connectivity index (χ2n) is 2.90. The lowest BCUT2D eigenvalue weighted by atomic mass is 10.2. The molecule has 13 heavy (non-hydrogen) atoms. The summed E-state index contributed by atoms with van der Waals surface area (Å²) < 4.78 is 25.0. The Labute approximate surface area is 82.8 Å². The highest BCUT2D eigenvalue weighted by molar-refractivity contribution is 7.90. The van der Waals surface area contributed by atoms with Gasteiger partial charge in [-0.2, -0.15) is 11.3 Å². The molecule has 0 aliphatic heterocycles. The third kappa shape index (κ3) is 2.79. The third-order valence-electron chi connectivity index (χ3n) is 1.92. The average molecular weight is 219 g/mol.